The van der Waals surface area contributed by atoms with Crippen molar-refractivity contribution in [2.45, 2.75) is 38.3 Å². The van der Waals surface area contributed by atoms with Crippen molar-refractivity contribution in [1.29, 1.82) is 0 Å². The Morgan fingerprint density at radius 3 is 2.59 bits per heavy atom. The van der Waals surface area contributed by atoms with Gasteiger partial charge in [0.15, 0.2) is 5.82 Å². The minimum atomic E-state index is -0.837. The molecule has 0 spiro atoms. The van der Waals surface area contributed by atoms with Crippen molar-refractivity contribution in [3.63, 3.8) is 0 Å². The number of nitrogens with two attached hydrogens (primary N) is 1. The summed E-state index contributed by atoms with van der Waals surface area (Å²) in [6.45, 7) is 4.18. The maximum Gasteiger partial charge on any atom is 0.343 e. The summed E-state index contributed by atoms with van der Waals surface area (Å²) in [5.41, 5.74) is 4.38. The molecule has 1 aromatic carbocycles. The van der Waals surface area contributed by atoms with E-state index in [9.17, 15) is 14.0 Å². The molecule has 0 unspecified atom stereocenters. The van der Waals surface area contributed by atoms with Crippen LogP contribution in [0.5, 0.6) is 0 Å². The summed E-state index contributed by atoms with van der Waals surface area (Å²) in [4.78, 5) is 26.4. The zero-order valence-corrected chi connectivity index (χ0v) is 15.2. The van der Waals surface area contributed by atoms with Gasteiger partial charge in [0.25, 0.3) is 0 Å². The molecule has 2 aliphatic rings. The van der Waals surface area contributed by atoms with Gasteiger partial charge in [-0.15, -0.1) is 0 Å². The predicted molar refractivity (Wildman–Crippen MR) is 97.2 cm³/mol. The highest BCUT2D eigenvalue weighted by Gasteiger charge is 2.39. The molecule has 1 saturated carbocycles. The number of anilines is 1. The highest BCUT2D eigenvalue weighted by Crippen LogP contribution is 2.40. The quantitative estimate of drug-likeness (QED) is 0.828. The lowest BCUT2D eigenvalue weighted by atomic mass is 9.92. The molecule has 2 fully saturated rings. The number of esters is 1. The van der Waals surface area contributed by atoms with Gasteiger partial charge in [0.05, 0.1) is 17.5 Å². The standard InChI is InChI=1S/C19H21F2N3O3/c1-3-27-18(26)12-7-24(10-4-5-10)15-11(17(12)25)6-13(20)16(14(15)21)23-8-19(2,22)9-23/h6-7,10H,3-5,8-9,22H2,1-2H3. The smallest absolute Gasteiger partial charge is 0.343 e. The van der Waals surface area contributed by atoms with E-state index in [4.69, 9.17) is 10.5 Å². The SMILES string of the molecule is CCOC(=O)c1cn(C2CC2)c2c(F)c(N3CC(C)(N)C3)c(F)cc2c1=O. The van der Waals surface area contributed by atoms with Crippen LogP contribution in [0.15, 0.2) is 17.1 Å². The predicted octanol–water partition coefficient (Wildman–Crippen LogP) is 2.33. The van der Waals surface area contributed by atoms with Crippen LogP contribution in [-0.2, 0) is 4.74 Å². The van der Waals surface area contributed by atoms with Gasteiger partial charge in [-0.3, -0.25) is 4.79 Å². The summed E-state index contributed by atoms with van der Waals surface area (Å²) >= 11 is 0. The van der Waals surface area contributed by atoms with Crippen molar-refractivity contribution >= 4 is 22.6 Å². The van der Waals surface area contributed by atoms with Crippen LogP contribution in [0.25, 0.3) is 10.9 Å². The van der Waals surface area contributed by atoms with E-state index in [1.54, 1.807) is 11.5 Å². The maximum atomic E-state index is 15.4. The van der Waals surface area contributed by atoms with Crippen LogP contribution in [0, 0.1) is 11.6 Å². The molecule has 27 heavy (non-hydrogen) atoms. The number of carbonyl (C=O) groups is 1. The molecular weight excluding hydrogens is 356 g/mol. The number of pyridine rings is 1. The first kappa shape index (κ1) is 17.9. The lowest BCUT2D eigenvalue weighted by Gasteiger charge is -2.47. The average Bonchev–Trinajstić information content (AvgIpc) is 3.39. The fourth-order valence-electron chi connectivity index (χ4n) is 3.70. The number of benzene rings is 1. The molecule has 2 N–H and O–H groups in total. The fraction of sp³-hybridized carbons (Fsp3) is 0.474. The molecule has 1 aliphatic carbocycles. The van der Waals surface area contributed by atoms with Gasteiger partial charge >= 0.3 is 5.97 Å². The molecule has 1 aliphatic heterocycles. The summed E-state index contributed by atoms with van der Waals surface area (Å²) in [5.74, 6) is -2.42. The third-order valence-electron chi connectivity index (χ3n) is 5.04. The Bertz CT molecular complexity index is 1000. The lowest BCUT2D eigenvalue weighted by Crippen LogP contribution is -2.66. The Morgan fingerprint density at radius 2 is 2.04 bits per heavy atom. The van der Waals surface area contributed by atoms with E-state index in [-0.39, 0.29) is 34.8 Å². The van der Waals surface area contributed by atoms with E-state index in [2.05, 4.69) is 0 Å². The molecule has 0 amide bonds. The minimum Gasteiger partial charge on any atom is -0.462 e. The van der Waals surface area contributed by atoms with Crippen molar-refractivity contribution in [2.24, 2.45) is 5.73 Å². The molecule has 0 radical (unpaired) electrons. The Hall–Kier alpha value is -2.48. The Labute approximate surface area is 154 Å². The van der Waals surface area contributed by atoms with Crippen LogP contribution in [0.4, 0.5) is 14.5 Å². The van der Waals surface area contributed by atoms with Crippen LogP contribution >= 0.6 is 0 Å². The minimum absolute atomic E-state index is 0.0229. The van der Waals surface area contributed by atoms with Gasteiger partial charge in [-0.1, -0.05) is 0 Å². The van der Waals surface area contributed by atoms with Crippen LogP contribution in [0.2, 0.25) is 0 Å². The first-order valence-electron chi connectivity index (χ1n) is 9.01. The number of ether oxygens (including phenoxy) is 1. The number of aromatic nitrogens is 1. The average molecular weight is 377 g/mol. The number of halogens is 2. The van der Waals surface area contributed by atoms with Crippen LogP contribution in [-0.4, -0.2) is 35.8 Å². The molecule has 2 aromatic rings. The van der Waals surface area contributed by atoms with Gasteiger partial charge in [-0.05, 0) is 32.8 Å². The van der Waals surface area contributed by atoms with Gasteiger partial charge < -0.3 is 19.9 Å². The van der Waals surface area contributed by atoms with Gasteiger partial charge in [-0.2, -0.15) is 0 Å². The first-order valence-corrected chi connectivity index (χ1v) is 9.01. The second kappa shape index (κ2) is 6.02. The van der Waals surface area contributed by atoms with Crippen molar-refractivity contribution in [3.05, 3.63) is 39.7 Å². The number of nitrogens with zero attached hydrogens (tertiary/aromatic N) is 2. The highest BCUT2D eigenvalue weighted by molar-refractivity contribution is 5.95. The summed E-state index contributed by atoms with van der Waals surface area (Å²) < 4.78 is 36.6. The molecule has 0 bridgehead atoms. The van der Waals surface area contributed by atoms with Crippen LogP contribution in [0.1, 0.15) is 43.1 Å². The first-order chi connectivity index (χ1) is 12.7. The number of rotatable bonds is 4. The van der Waals surface area contributed by atoms with Gasteiger partial charge in [0.1, 0.15) is 17.1 Å². The zero-order chi connectivity index (χ0) is 19.5. The molecule has 144 valence electrons. The molecule has 8 heteroatoms. The van der Waals surface area contributed by atoms with Crippen LogP contribution in [0.3, 0.4) is 0 Å². The highest BCUT2D eigenvalue weighted by atomic mass is 19.1. The summed E-state index contributed by atoms with van der Waals surface area (Å²) in [5, 5.41) is -0.151. The third kappa shape index (κ3) is 2.88. The van der Waals surface area contributed by atoms with E-state index in [0.717, 1.165) is 18.9 Å². The van der Waals surface area contributed by atoms with Gasteiger partial charge in [-0.25, -0.2) is 13.6 Å². The Kier molecular flexibility index (Phi) is 3.99. The maximum absolute atomic E-state index is 15.4. The monoisotopic (exact) mass is 377 g/mol. The van der Waals surface area contributed by atoms with E-state index in [0.29, 0.717) is 13.1 Å². The summed E-state index contributed by atoms with van der Waals surface area (Å²) in [6.07, 6.45) is 2.95. The normalized spacial score (nSPS) is 18.5. The second-order valence-electron chi connectivity index (χ2n) is 7.66. The van der Waals surface area contributed by atoms with E-state index < -0.39 is 28.6 Å². The third-order valence-corrected chi connectivity index (χ3v) is 5.04. The number of carbonyl (C=O) groups excluding carboxylic acids is 1. The van der Waals surface area contributed by atoms with Gasteiger partial charge in [0.2, 0.25) is 5.43 Å². The number of fused-ring (bicyclic) bond motifs is 1. The zero-order valence-electron chi connectivity index (χ0n) is 15.2. The van der Waals surface area contributed by atoms with Crippen molar-refractivity contribution < 1.29 is 18.3 Å². The van der Waals surface area contributed by atoms with E-state index in [1.807, 2.05) is 6.92 Å². The Balaban J connectivity index is 1.95. The van der Waals surface area contributed by atoms with Crippen LogP contribution < -0.4 is 16.1 Å². The molecule has 1 saturated heterocycles. The molecule has 6 nitrogen and oxygen atoms in total. The fourth-order valence-corrected chi connectivity index (χ4v) is 3.70. The van der Waals surface area contributed by atoms with Crippen molar-refractivity contribution in [3.8, 4) is 0 Å². The molecule has 0 atom stereocenters. The van der Waals surface area contributed by atoms with Crippen molar-refractivity contribution in [1.82, 2.24) is 4.57 Å². The number of hydrogen-bond acceptors (Lipinski definition) is 5. The number of hydrogen-bond donors (Lipinski definition) is 1. The van der Waals surface area contributed by atoms with E-state index >= 15 is 4.39 Å². The second-order valence-corrected chi connectivity index (χ2v) is 7.66. The molecule has 2 heterocycles. The molecule has 1 aromatic heterocycles. The lowest BCUT2D eigenvalue weighted by molar-refractivity contribution is 0.0524. The molecule has 4 rings (SSSR count). The van der Waals surface area contributed by atoms with E-state index in [1.165, 1.54) is 11.1 Å². The molecular formula is C19H21F2N3O3. The Morgan fingerprint density at radius 1 is 1.37 bits per heavy atom. The summed E-state index contributed by atoms with van der Waals surface area (Å²) in [7, 11) is 0. The largest absolute Gasteiger partial charge is 0.462 e. The van der Waals surface area contributed by atoms with Gasteiger partial charge in [0, 0.05) is 30.9 Å². The van der Waals surface area contributed by atoms with Crippen molar-refractivity contribution in [2.75, 3.05) is 24.6 Å². The topological polar surface area (TPSA) is 77.6 Å². The summed E-state index contributed by atoms with van der Waals surface area (Å²) in [6, 6.07) is 0.995.